The van der Waals surface area contributed by atoms with E-state index in [0.29, 0.717) is 22.8 Å². The van der Waals surface area contributed by atoms with E-state index in [1.165, 1.54) is 0 Å². The average molecular weight is 369 g/mol. The number of aliphatic hydroxyl groups excluding tert-OH is 1. The summed E-state index contributed by atoms with van der Waals surface area (Å²) in [6.45, 7) is 8.19. The Kier molecular flexibility index (Phi) is 4.10. The summed E-state index contributed by atoms with van der Waals surface area (Å²) in [4.78, 5) is 21.6. The first-order valence-electron chi connectivity index (χ1n) is 9.54. The number of fused-ring (bicyclic) bond motifs is 3. The van der Waals surface area contributed by atoms with Gasteiger partial charge in [-0.05, 0) is 30.1 Å². The summed E-state index contributed by atoms with van der Waals surface area (Å²) >= 11 is 0. The van der Waals surface area contributed by atoms with Crippen LogP contribution in [0.5, 0.6) is 0 Å². The molecule has 2 aromatic heterocycles. The highest BCUT2D eigenvalue weighted by Crippen LogP contribution is 2.65. The van der Waals surface area contributed by atoms with Gasteiger partial charge in [-0.25, -0.2) is 9.67 Å². The van der Waals surface area contributed by atoms with Gasteiger partial charge in [0.2, 0.25) is 0 Å². The van der Waals surface area contributed by atoms with Gasteiger partial charge in [0.25, 0.3) is 5.91 Å². The smallest absolute Gasteiger partial charge is 0.272 e. The van der Waals surface area contributed by atoms with E-state index < -0.39 is 0 Å². The fourth-order valence-electron chi connectivity index (χ4n) is 4.11. The van der Waals surface area contributed by atoms with Gasteiger partial charge in [0.1, 0.15) is 0 Å². The van der Waals surface area contributed by atoms with Crippen LogP contribution >= 0.6 is 0 Å². The summed E-state index contributed by atoms with van der Waals surface area (Å²) < 4.78 is 1.80. The molecule has 0 aliphatic heterocycles. The Labute approximate surface area is 159 Å². The molecule has 2 unspecified atom stereocenters. The second-order valence-electron chi connectivity index (χ2n) is 9.17. The number of nitrogens with zero attached hydrogens (tertiary/aromatic N) is 4. The van der Waals surface area contributed by atoms with Crippen molar-refractivity contribution in [1.29, 1.82) is 0 Å². The lowest BCUT2D eigenvalue weighted by Crippen LogP contribution is -2.46. The Morgan fingerprint density at radius 3 is 2.85 bits per heavy atom. The SMILES string of the molecule is CC12CCc3c(C(=O)N[C@H](CO)C(C)(C)C)nn(-c4cnccn4)c3C1C2. The summed E-state index contributed by atoms with van der Waals surface area (Å²) in [5.74, 6) is 0.819. The van der Waals surface area contributed by atoms with Crippen LogP contribution < -0.4 is 5.32 Å². The molecule has 0 aromatic carbocycles. The van der Waals surface area contributed by atoms with E-state index in [1.54, 1.807) is 23.3 Å². The first-order valence-corrected chi connectivity index (χ1v) is 9.54. The fourth-order valence-corrected chi connectivity index (χ4v) is 4.11. The molecule has 3 atom stereocenters. The quantitative estimate of drug-likeness (QED) is 0.862. The normalized spacial score (nSPS) is 24.7. The Morgan fingerprint density at radius 1 is 1.44 bits per heavy atom. The molecule has 1 saturated carbocycles. The lowest BCUT2D eigenvalue weighted by molar-refractivity contribution is 0.0841. The van der Waals surface area contributed by atoms with Crippen LogP contribution in [0, 0.1) is 10.8 Å². The first-order chi connectivity index (χ1) is 12.7. The van der Waals surface area contributed by atoms with Gasteiger partial charge in [-0.2, -0.15) is 5.10 Å². The van der Waals surface area contributed by atoms with Crippen molar-refractivity contribution in [1.82, 2.24) is 25.1 Å². The predicted molar refractivity (Wildman–Crippen MR) is 101 cm³/mol. The number of rotatable bonds is 4. The standard InChI is InChI=1S/C20H27N5O2/c1-19(2,3)14(11-26)23-18(27)16-12-5-6-20(4)9-13(20)17(12)25(24-16)15-10-21-7-8-22-15/h7-8,10,13-14,26H,5-6,9,11H2,1-4H3,(H,23,27)/t13?,14-,20?/m1/s1. The molecule has 0 spiro atoms. The Morgan fingerprint density at radius 2 is 2.22 bits per heavy atom. The van der Waals surface area contributed by atoms with E-state index in [4.69, 9.17) is 0 Å². The molecule has 0 saturated heterocycles. The highest BCUT2D eigenvalue weighted by molar-refractivity contribution is 5.94. The van der Waals surface area contributed by atoms with Gasteiger partial charge in [-0.15, -0.1) is 0 Å². The summed E-state index contributed by atoms with van der Waals surface area (Å²) in [5.41, 5.74) is 2.63. The number of aromatic nitrogens is 4. The van der Waals surface area contributed by atoms with Crippen LogP contribution in [0.1, 0.15) is 68.2 Å². The maximum absolute atomic E-state index is 13.0. The maximum Gasteiger partial charge on any atom is 0.272 e. The van der Waals surface area contributed by atoms with Crippen molar-refractivity contribution < 1.29 is 9.90 Å². The highest BCUT2D eigenvalue weighted by Gasteiger charge is 2.56. The summed E-state index contributed by atoms with van der Waals surface area (Å²) in [6, 6.07) is -0.336. The van der Waals surface area contributed by atoms with E-state index in [2.05, 4.69) is 27.3 Å². The van der Waals surface area contributed by atoms with E-state index in [9.17, 15) is 9.90 Å². The van der Waals surface area contributed by atoms with Crippen LogP contribution in [0.4, 0.5) is 0 Å². The molecule has 0 bridgehead atoms. The molecule has 2 heterocycles. The van der Waals surface area contributed by atoms with Crippen LogP contribution in [0.25, 0.3) is 5.82 Å². The minimum Gasteiger partial charge on any atom is -0.394 e. The molecule has 7 nitrogen and oxygen atoms in total. The number of carbonyl (C=O) groups is 1. The largest absolute Gasteiger partial charge is 0.394 e. The molecule has 1 fully saturated rings. The zero-order valence-electron chi connectivity index (χ0n) is 16.4. The fraction of sp³-hybridized carbons (Fsp3) is 0.600. The molecule has 2 aromatic rings. The van der Waals surface area contributed by atoms with Gasteiger partial charge < -0.3 is 10.4 Å². The third-order valence-corrected chi connectivity index (χ3v) is 6.17. The molecule has 2 N–H and O–H groups in total. The summed E-state index contributed by atoms with van der Waals surface area (Å²) in [6.07, 6.45) is 7.97. The average Bonchev–Trinajstić information content (AvgIpc) is 3.17. The molecular formula is C20H27N5O2. The van der Waals surface area contributed by atoms with Gasteiger partial charge in [0, 0.05) is 23.9 Å². The summed E-state index contributed by atoms with van der Waals surface area (Å²) in [5, 5.41) is 17.3. The minimum atomic E-state index is -0.336. The third kappa shape index (κ3) is 3.04. The van der Waals surface area contributed by atoms with Crippen molar-refractivity contribution in [2.45, 2.75) is 58.9 Å². The molecule has 4 rings (SSSR count). The van der Waals surface area contributed by atoms with Crippen molar-refractivity contribution in [3.8, 4) is 5.82 Å². The predicted octanol–water partition coefficient (Wildman–Crippen LogP) is 2.24. The Hall–Kier alpha value is -2.28. The van der Waals surface area contributed by atoms with Gasteiger partial charge in [0.05, 0.1) is 24.5 Å². The third-order valence-electron chi connectivity index (χ3n) is 6.17. The van der Waals surface area contributed by atoms with Gasteiger partial charge >= 0.3 is 0 Å². The number of carbonyl (C=O) groups excluding carboxylic acids is 1. The van der Waals surface area contributed by atoms with E-state index in [1.807, 2.05) is 20.8 Å². The number of amides is 1. The van der Waals surface area contributed by atoms with E-state index >= 15 is 0 Å². The molecule has 7 heteroatoms. The monoisotopic (exact) mass is 369 g/mol. The van der Waals surface area contributed by atoms with Crippen LogP contribution in [0.15, 0.2) is 18.6 Å². The molecule has 2 aliphatic rings. The number of nitrogens with one attached hydrogen (secondary N) is 1. The van der Waals surface area contributed by atoms with Crippen LogP contribution in [0.3, 0.4) is 0 Å². The number of hydrogen-bond acceptors (Lipinski definition) is 5. The zero-order chi connectivity index (χ0) is 19.4. The van der Waals surface area contributed by atoms with Crippen molar-refractivity contribution in [3.05, 3.63) is 35.5 Å². The maximum atomic E-state index is 13.0. The molecule has 1 amide bonds. The van der Waals surface area contributed by atoms with E-state index in [-0.39, 0.29) is 24.0 Å². The van der Waals surface area contributed by atoms with Gasteiger partial charge in [0.15, 0.2) is 11.5 Å². The second-order valence-corrected chi connectivity index (χ2v) is 9.17. The van der Waals surface area contributed by atoms with Crippen molar-refractivity contribution in [2.75, 3.05) is 6.61 Å². The van der Waals surface area contributed by atoms with Crippen molar-refractivity contribution in [3.63, 3.8) is 0 Å². The molecule has 144 valence electrons. The van der Waals surface area contributed by atoms with Crippen LogP contribution in [-0.4, -0.2) is 43.4 Å². The zero-order valence-corrected chi connectivity index (χ0v) is 16.4. The molecule has 2 aliphatic carbocycles. The van der Waals surface area contributed by atoms with Crippen molar-refractivity contribution in [2.24, 2.45) is 10.8 Å². The lowest BCUT2D eigenvalue weighted by atomic mass is 9.86. The first kappa shape index (κ1) is 18.1. The van der Waals surface area contributed by atoms with Crippen LogP contribution in [-0.2, 0) is 6.42 Å². The number of hydrogen-bond donors (Lipinski definition) is 2. The van der Waals surface area contributed by atoms with Crippen molar-refractivity contribution >= 4 is 5.91 Å². The second kappa shape index (κ2) is 6.12. The molecule has 0 radical (unpaired) electrons. The topological polar surface area (TPSA) is 92.9 Å². The molecular weight excluding hydrogens is 342 g/mol. The highest BCUT2D eigenvalue weighted by atomic mass is 16.3. The Balaban J connectivity index is 1.74. The molecule has 27 heavy (non-hydrogen) atoms. The Bertz CT molecular complexity index is 870. The lowest BCUT2D eigenvalue weighted by Gasteiger charge is -2.29. The van der Waals surface area contributed by atoms with Gasteiger partial charge in [-0.1, -0.05) is 27.7 Å². The van der Waals surface area contributed by atoms with Gasteiger partial charge in [-0.3, -0.25) is 9.78 Å². The number of aliphatic hydroxyl groups is 1. The van der Waals surface area contributed by atoms with E-state index in [0.717, 1.165) is 30.5 Å². The van der Waals surface area contributed by atoms with Crippen LogP contribution in [0.2, 0.25) is 0 Å². The summed E-state index contributed by atoms with van der Waals surface area (Å²) in [7, 11) is 0. The minimum absolute atomic E-state index is 0.108.